The summed E-state index contributed by atoms with van der Waals surface area (Å²) in [5.74, 6) is 0.0210. The van der Waals surface area contributed by atoms with Gasteiger partial charge >= 0.3 is 6.30 Å². The molecule has 0 fully saturated rings. The maximum atomic E-state index is 13.8. The van der Waals surface area contributed by atoms with Gasteiger partial charge in [-0.3, -0.25) is 0 Å². The van der Waals surface area contributed by atoms with Crippen molar-refractivity contribution in [2.75, 3.05) is 12.0 Å². The number of nitrogens with zero attached hydrogens (tertiary/aromatic N) is 5. The number of fused-ring (bicyclic) bond motifs is 1. The highest BCUT2D eigenvalue weighted by Gasteiger charge is 2.41. The molecule has 0 radical (unpaired) electrons. The molecule has 1 aromatic carbocycles. The molecule has 142 valence electrons. The van der Waals surface area contributed by atoms with Gasteiger partial charge in [-0.1, -0.05) is 18.2 Å². The molecule has 4 aromatic rings. The van der Waals surface area contributed by atoms with Crippen molar-refractivity contribution in [3.8, 4) is 17.0 Å². The van der Waals surface area contributed by atoms with Crippen LogP contribution in [0.1, 0.15) is 0 Å². The number of hydrogen-bond acceptors (Lipinski definition) is 5. The van der Waals surface area contributed by atoms with Gasteiger partial charge in [0.2, 0.25) is 0 Å². The van der Waals surface area contributed by atoms with Gasteiger partial charge in [0.05, 0.1) is 19.0 Å². The number of benzene rings is 1. The molecule has 0 saturated heterocycles. The first kappa shape index (κ1) is 17.8. The molecule has 0 bridgehead atoms. The Morgan fingerprint density at radius 3 is 2.46 bits per heavy atom. The van der Waals surface area contributed by atoms with Crippen molar-refractivity contribution in [3.63, 3.8) is 0 Å². The Balaban J connectivity index is 1.90. The Labute approximate surface area is 157 Å². The fraction of sp³-hybridized carbons (Fsp3) is 0.105. The van der Waals surface area contributed by atoms with E-state index < -0.39 is 6.30 Å². The molecule has 0 aliphatic heterocycles. The van der Waals surface area contributed by atoms with E-state index in [-0.39, 0.29) is 22.2 Å². The predicted octanol–water partition coefficient (Wildman–Crippen LogP) is 4.46. The van der Waals surface area contributed by atoms with Crippen LogP contribution in [0.5, 0.6) is 5.75 Å². The number of rotatable bonds is 4. The molecule has 0 atom stereocenters. The quantitative estimate of drug-likeness (QED) is 0.486. The highest BCUT2D eigenvalue weighted by atomic mass is 19.4. The second-order valence-corrected chi connectivity index (χ2v) is 5.80. The Morgan fingerprint density at radius 2 is 1.75 bits per heavy atom. The first-order valence-electron chi connectivity index (χ1n) is 8.25. The molecule has 3 heterocycles. The van der Waals surface area contributed by atoms with E-state index in [1.165, 1.54) is 25.4 Å². The van der Waals surface area contributed by atoms with Gasteiger partial charge in [0.1, 0.15) is 11.6 Å². The Bertz CT molecular complexity index is 1110. The van der Waals surface area contributed by atoms with Gasteiger partial charge in [-0.05, 0) is 36.4 Å². The van der Waals surface area contributed by atoms with Crippen LogP contribution >= 0.6 is 0 Å². The summed E-state index contributed by atoms with van der Waals surface area (Å²) in [4.78, 5) is 8.03. The SMILES string of the molecule is COc1ccccc1-c1ccc2ncc(N(c3ccccn3)C(F)(F)F)n2n1. The van der Waals surface area contributed by atoms with Gasteiger partial charge < -0.3 is 4.74 Å². The summed E-state index contributed by atoms with van der Waals surface area (Å²) in [6.45, 7) is 0. The molecule has 0 N–H and O–H groups in total. The second kappa shape index (κ2) is 6.84. The Hall–Kier alpha value is -3.62. The fourth-order valence-electron chi connectivity index (χ4n) is 2.88. The average Bonchev–Trinajstić information content (AvgIpc) is 3.10. The lowest BCUT2D eigenvalue weighted by Gasteiger charge is -2.24. The molecular weight excluding hydrogens is 371 g/mol. The minimum Gasteiger partial charge on any atom is -0.496 e. The van der Waals surface area contributed by atoms with E-state index in [2.05, 4.69) is 15.1 Å². The van der Waals surface area contributed by atoms with E-state index in [9.17, 15) is 13.2 Å². The highest BCUT2D eigenvalue weighted by molar-refractivity contribution is 5.69. The van der Waals surface area contributed by atoms with Gasteiger partial charge in [0.15, 0.2) is 11.5 Å². The van der Waals surface area contributed by atoms with E-state index in [1.807, 2.05) is 0 Å². The summed E-state index contributed by atoms with van der Waals surface area (Å²) in [7, 11) is 1.52. The number of pyridine rings is 1. The van der Waals surface area contributed by atoms with Gasteiger partial charge in [-0.15, -0.1) is 13.2 Å². The van der Waals surface area contributed by atoms with Crippen LogP contribution in [0, 0.1) is 0 Å². The molecule has 9 heteroatoms. The summed E-state index contributed by atoms with van der Waals surface area (Å²) in [5, 5.41) is 4.38. The van der Waals surface area contributed by atoms with E-state index >= 15 is 0 Å². The average molecular weight is 385 g/mol. The van der Waals surface area contributed by atoms with Crippen molar-refractivity contribution in [1.29, 1.82) is 0 Å². The summed E-state index contributed by atoms with van der Waals surface area (Å²) in [5.41, 5.74) is 1.38. The number of ether oxygens (including phenoxy) is 1. The number of methoxy groups -OCH3 is 1. The smallest absolute Gasteiger partial charge is 0.491 e. The third-order valence-corrected chi connectivity index (χ3v) is 4.09. The zero-order chi connectivity index (χ0) is 19.7. The summed E-state index contributed by atoms with van der Waals surface area (Å²) in [6.07, 6.45) is -2.30. The molecular formula is C19H14F3N5O. The number of imidazole rings is 1. The van der Waals surface area contributed by atoms with Crippen LogP contribution in [0.4, 0.5) is 24.8 Å². The van der Waals surface area contributed by atoms with Crippen molar-refractivity contribution in [1.82, 2.24) is 19.6 Å². The van der Waals surface area contributed by atoms with E-state index in [0.717, 1.165) is 10.7 Å². The van der Waals surface area contributed by atoms with Crippen LogP contribution in [0.2, 0.25) is 0 Å². The third kappa shape index (κ3) is 3.11. The number of halogens is 3. The minimum atomic E-state index is -4.72. The second-order valence-electron chi connectivity index (χ2n) is 5.80. The minimum absolute atomic E-state index is 0.145. The fourth-order valence-corrected chi connectivity index (χ4v) is 2.88. The number of hydrogen-bond donors (Lipinski definition) is 0. The topological polar surface area (TPSA) is 55.5 Å². The van der Waals surface area contributed by atoms with Crippen molar-refractivity contribution in [2.24, 2.45) is 0 Å². The maximum Gasteiger partial charge on any atom is 0.491 e. The van der Waals surface area contributed by atoms with Crippen LogP contribution < -0.4 is 9.64 Å². The molecule has 4 rings (SSSR count). The van der Waals surface area contributed by atoms with Gasteiger partial charge in [-0.25, -0.2) is 14.9 Å². The molecule has 0 unspecified atom stereocenters. The molecule has 28 heavy (non-hydrogen) atoms. The lowest BCUT2D eigenvalue weighted by atomic mass is 10.1. The number of anilines is 2. The van der Waals surface area contributed by atoms with Gasteiger partial charge in [-0.2, -0.15) is 9.61 Å². The number of para-hydroxylation sites is 1. The highest BCUT2D eigenvalue weighted by Crippen LogP contribution is 2.36. The molecule has 0 amide bonds. The van der Waals surface area contributed by atoms with Crippen LogP contribution in [0.25, 0.3) is 16.9 Å². The summed E-state index contributed by atoms with van der Waals surface area (Å²) < 4.78 is 48.0. The van der Waals surface area contributed by atoms with Crippen molar-refractivity contribution < 1.29 is 17.9 Å². The Kier molecular flexibility index (Phi) is 4.34. The number of alkyl halides is 3. The predicted molar refractivity (Wildman–Crippen MR) is 97.4 cm³/mol. The molecule has 0 saturated carbocycles. The zero-order valence-corrected chi connectivity index (χ0v) is 14.6. The van der Waals surface area contributed by atoms with E-state index in [1.54, 1.807) is 42.5 Å². The van der Waals surface area contributed by atoms with E-state index in [0.29, 0.717) is 17.0 Å². The van der Waals surface area contributed by atoms with Crippen LogP contribution in [0.3, 0.4) is 0 Å². The lowest BCUT2D eigenvalue weighted by Crippen LogP contribution is -2.35. The zero-order valence-electron chi connectivity index (χ0n) is 14.6. The Morgan fingerprint density at radius 1 is 0.964 bits per heavy atom. The van der Waals surface area contributed by atoms with E-state index in [4.69, 9.17) is 4.74 Å². The van der Waals surface area contributed by atoms with Gasteiger partial charge in [0.25, 0.3) is 0 Å². The van der Waals surface area contributed by atoms with Crippen LogP contribution in [0.15, 0.2) is 67.0 Å². The van der Waals surface area contributed by atoms with Crippen LogP contribution in [-0.4, -0.2) is 33.0 Å². The molecule has 0 aliphatic rings. The van der Waals surface area contributed by atoms with Crippen molar-refractivity contribution >= 4 is 17.3 Å². The third-order valence-electron chi connectivity index (χ3n) is 4.09. The lowest BCUT2D eigenvalue weighted by molar-refractivity contribution is -0.121. The summed E-state index contributed by atoms with van der Waals surface area (Å²) in [6, 6.07) is 14.7. The van der Waals surface area contributed by atoms with Crippen molar-refractivity contribution in [2.45, 2.75) is 6.30 Å². The molecule has 3 aromatic heterocycles. The van der Waals surface area contributed by atoms with Crippen LogP contribution in [-0.2, 0) is 0 Å². The largest absolute Gasteiger partial charge is 0.496 e. The normalized spacial score (nSPS) is 11.6. The monoisotopic (exact) mass is 385 g/mol. The number of aromatic nitrogens is 4. The first-order chi connectivity index (χ1) is 13.5. The van der Waals surface area contributed by atoms with Gasteiger partial charge in [0, 0.05) is 11.8 Å². The molecule has 6 nitrogen and oxygen atoms in total. The molecule has 0 spiro atoms. The maximum absolute atomic E-state index is 13.8. The van der Waals surface area contributed by atoms with Crippen molar-refractivity contribution in [3.05, 3.63) is 67.0 Å². The summed E-state index contributed by atoms with van der Waals surface area (Å²) >= 11 is 0. The molecule has 0 aliphatic carbocycles. The first-order valence-corrected chi connectivity index (χ1v) is 8.25. The standard InChI is InChI=1S/C19H14F3N5O/c1-28-15-7-3-2-6-13(15)14-9-10-17-24-12-18(27(17)25-14)26(19(20,21)22)16-8-4-5-11-23-16/h2-12H,1H3.